The molecule has 0 saturated carbocycles. The fourth-order valence-electron chi connectivity index (χ4n) is 3.06. The molecule has 3 rings (SSSR count). The van der Waals surface area contributed by atoms with Gasteiger partial charge in [0.05, 0.1) is 12.5 Å². The molecule has 2 fully saturated rings. The van der Waals surface area contributed by atoms with Gasteiger partial charge in [0.2, 0.25) is 5.91 Å². The first kappa shape index (κ1) is 14.4. The van der Waals surface area contributed by atoms with E-state index >= 15 is 0 Å². The lowest BCUT2D eigenvalue weighted by molar-refractivity contribution is -0.137. The second kappa shape index (κ2) is 6.48. The average molecular weight is 289 g/mol. The number of rotatable bonds is 3. The van der Waals surface area contributed by atoms with Crippen LogP contribution in [-0.2, 0) is 9.53 Å². The zero-order valence-electron chi connectivity index (χ0n) is 12.6. The fourth-order valence-corrected chi connectivity index (χ4v) is 3.06. The van der Waals surface area contributed by atoms with E-state index in [2.05, 4.69) is 19.1 Å². The van der Waals surface area contributed by atoms with Crippen LogP contribution < -0.4 is 4.74 Å². The van der Waals surface area contributed by atoms with Gasteiger partial charge in [-0.25, -0.2) is 0 Å². The van der Waals surface area contributed by atoms with E-state index in [1.165, 1.54) is 5.56 Å². The van der Waals surface area contributed by atoms with Crippen molar-refractivity contribution < 1.29 is 14.3 Å². The summed E-state index contributed by atoms with van der Waals surface area (Å²) in [4.78, 5) is 14.3. The normalized spacial score (nSPS) is 23.3. The molecule has 4 nitrogen and oxygen atoms in total. The Kier molecular flexibility index (Phi) is 4.44. The van der Waals surface area contributed by atoms with Gasteiger partial charge in [0, 0.05) is 32.5 Å². The number of hydrogen-bond donors (Lipinski definition) is 0. The lowest BCUT2D eigenvalue weighted by atomic mass is 10.0. The minimum absolute atomic E-state index is 0.0826. The van der Waals surface area contributed by atoms with E-state index in [-0.39, 0.29) is 17.9 Å². The highest BCUT2D eigenvalue weighted by Crippen LogP contribution is 2.22. The van der Waals surface area contributed by atoms with Gasteiger partial charge in [-0.15, -0.1) is 0 Å². The molecule has 2 aliphatic rings. The molecule has 0 spiro atoms. The highest BCUT2D eigenvalue weighted by molar-refractivity contribution is 5.79. The first-order valence-corrected chi connectivity index (χ1v) is 7.82. The van der Waals surface area contributed by atoms with Gasteiger partial charge in [0.25, 0.3) is 0 Å². The number of carbonyl (C=O) groups excluding carboxylic acids is 1. The summed E-state index contributed by atoms with van der Waals surface area (Å²) in [7, 11) is 0. The predicted octanol–water partition coefficient (Wildman–Crippen LogP) is 2.40. The van der Waals surface area contributed by atoms with Crippen LogP contribution in [-0.4, -0.2) is 43.2 Å². The zero-order chi connectivity index (χ0) is 14.7. The minimum atomic E-state index is 0.0826. The Morgan fingerprint density at radius 1 is 1.29 bits per heavy atom. The maximum absolute atomic E-state index is 12.3. The van der Waals surface area contributed by atoms with Crippen molar-refractivity contribution in [1.29, 1.82) is 0 Å². The largest absolute Gasteiger partial charge is 0.490 e. The monoisotopic (exact) mass is 289 g/mol. The van der Waals surface area contributed by atoms with Gasteiger partial charge < -0.3 is 14.4 Å². The molecule has 114 valence electrons. The third-order valence-corrected chi connectivity index (χ3v) is 4.32. The molecule has 0 radical (unpaired) electrons. The summed E-state index contributed by atoms with van der Waals surface area (Å²) in [5, 5.41) is 0. The van der Waals surface area contributed by atoms with E-state index in [0.717, 1.165) is 44.7 Å². The van der Waals surface area contributed by atoms with Crippen molar-refractivity contribution in [3.05, 3.63) is 29.8 Å². The van der Waals surface area contributed by atoms with Gasteiger partial charge in [0.15, 0.2) is 0 Å². The van der Waals surface area contributed by atoms with Crippen LogP contribution in [0.3, 0.4) is 0 Å². The quantitative estimate of drug-likeness (QED) is 0.857. The molecule has 2 aliphatic heterocycles. The summed E-state index contributed by atoms with van der Waals surface area (Å²) < 4.78 is 11.3. The molecule has 0 N–H and O–H groups in total. The summed E-state index contributed by atoms with van der Waals surface area (Å²) in [5.41, 5.74) is 1.21. The van der Waals surface area contributed by atoms with E-state index in [9.17, 15) is 4.79 Å². The second-order valence-electron chi connectivity index (χ2n) is 6.02. The van der Waals surface area contributed by atoms with Crippen LogP contribution in [0.5, 0.6) is 5.75 Å². The van der Waals surface area contributed by atoms with Crippen molar-refractivity contribution in [2.24, 2.45) is 5.92 Å². The van der Waals surface area contributed by atoms with Crippen LogP contribution in [0.15, 0.2) is 24.3 Å². The van der Waals surface area contributed by atoms with Gasteiger partial charge in [-0.05, 0) is 31.0 Å². The molecular weight excluding hydrogens is 266 g/mol. The summed E-state index contributed by atoms with van der Waals surface area (Å²) in [5.74, 6) is 1.28. The van der Waals surface area contributed by atoms with E-state index in [1.54, 1.807) is 0 Å². The highest BCUT2D eigenvalue weighted by atomic mass is 16.5. The Bertz CT molecular complexity index is 489. The van der Waals surface area contributed by atoms with Gasteiger partial charge in [0.1, 0.15) is 11.9 Å². The molecule has 0 aromatic heterocycles. The molecule has 1 unspecified atom stereocenters. The average Bonchev–Trinajstić information content (AvgIpc) is 3.01. The van der Waals surface area contributed by atoms with Crippen molar-refractivity contribution >= 4 is 5.91 Å². The van der Waals surface area contributed by atoms with E-state index < -0.39 is 0 Å². The van der Waals surface area contributed by atoms with Crippen molar-refractivity contribution in [3.8, 4) is 5.75 Å². The van der Waals surface area contributed by atoms with Crippen LogP contribution in [0, 0.1) is 12.8 Å². The molecule has 1 amide bonds. The first-order valence-electron chi connectivity index (χ1n) is 7.82. The summed E-state index contributed by atoms with van der Waals surface area (Å²) in [6.07, 6.45) is 2.91. The number of hydrogen-bond acceptors (Lipinski definition) is 3. The van der Waals surface area contributed by atoms with E-state index in [1.807, 2.05) is 17.0 Å². The van der Waals surface area contributed by atoms with Crippen LogP contribution in [0.2, 0.25) is 0 Å². The molecule has 1 aromatic rings. The summed E-state index contributed by atoms with van der Waals surface area (Å²) in [6.45, 7) is 4.98. The van der Waals surface area contributed by atoms with Crippen LogP contribution in [0.25, 0.3) is 0 Å². The van der Waals surface area contributed by atoms with E-state index in [4.69, 9.17) is 9.47 Å². The van der Waals surface area contributed by atoms with Crippen LogP contribution in [0.1, 0.15) is 24.8 Å². The predicted molar refractivity (Wildman–Crippen MR) is 80.3 cm³/mol. The minimum Gasteiger partial charge on any atom is -0.490 e. The molecule has 0 bridgehead atoms. The fraction of sp³-hybridized carbons (Fsp3) is 0.588. The van der Waals surface area contributed by atoms with Crippen molar-refractivity contribution in [3.63, 3.8) is 0 Å². The third-order valence-electron chi connectivity index (χ3n) is 4.32. The Morgan fingerprint density at radius 3 is 2.76 bits per heavy atom. The van der Waals surface area contributed by atoms with Gasteiger partial charge in [-0.1, -0.05) is 12.1 Å². The zero-order valence-corrected chi connectivity index (χ0v) is 12.6. The number of aryl methyl sites for hydroxylation is 1. The number of likely N-dealkylation sites (tertiary alicyclic amines) is 1. The molecule has 1 aromatic carbocycles. The van der Waals surface area contributed by atoms with Crippen molar-refractivity contribution in [2.45, 2.75) is 32.3 Å². The van der Waals surface area contributed by atoms with Crippen LogP contribution >= 0.6 is 0 Å². The third kappa shape index (κ3) is 3.56. The standard InChI is InChI=1S/C17H23NO3/c1-13-3-2-4-16(11-13)21-15-5-8-18(9-6-15)17(19)14-7-10-20-12-14/h2-4,11,14-15H,5-10,12H2,1H3. The SMILES string of the molecule is Cc1cccc(OC2CCN(C(=O)C3CCOC3)CC2)c1. The number of piperidine rings is 1. The smallest absolute Gasteiger partial charge is 0.228 e. The maximum atomic E-state index is 12.3. The van der Waals surface area contributed by atoms with Gasteiger partial charge in [-0.3, -0.25) is 4.79 Å². The number of nitrogens with zero attached hydrogens (tertiary/aromatic N) is 1. The maximum Gasteiger partial charge on any atom is 0.228 e. The Hall–Kier alpha value is -1.55. The Morgan fingerprint density at radius 2 is 2.10 bits per heavy atom. The van der Waals surface area contributed by atoms with Crippen LogP contribution in [0.4, 0.5) is 0 Å². The highest BCUT2D eigenvalue weighted by Gasteiger charge is 2.31. The number of benzene rings is 1. The van der Waals surface area contributed by atoms with E-state index in [0.29, 0.717) is 6.61 Å². The Balaban J connectivity index is 1.49. The van der Waals surface area contributed by atoms with Gasteiger partial charge in [-0.2, -0.15) is 0 Å². The molecule has 4 heteroatoms. The molecule has 0 aliphatic carbocycles. The number of amides is 1. The summed E-state index contributed by atoms with van der Waals surface area (Å²) in [6, 6.07) is 8.15. The topological polar surface area (TPSA) is 38.8 Å². The molecule has 2 saturated heterocycles. The Labute approximate surface area is 126 Å². The molecule has 2 heterocycles. The van der Waals surface area contributed by atoms with Gasteiger partial charge >= 0.3 is 0 Å². The molecule has 1 atom stereocenters. The number of carbonyl (C=O) groups is 1. The van der Waals surface area contributed by atoms with Crippen molar-refractivity contribution in [2.75, 3.05) is 26.3 Å². The first-order chi connectivity index (χ1) is 10.2. The molecular formula is C17H23NO3. The lowest BCUT2D eigenvalue weighted by Gasteiger charge is -2.33. The van der Waals surface area contributed by atoms with Crippen molar-refractivity contribution in [1.82, 2.24) is 4.90 Å². The summed E-state index contributed by atoms with van der Waals surface area (Å²) >= 11 is 0. The lowest BCUT2D eigenvalue weighted by Crippen LogP contribution is -2.44. The molecule has 21 heavy (non-hydrogen) atoms. The second-order valence-corrected chi connectivity index (χ2v) is 6.02. The number of ether oxygens (including phenoxy) is 2.